The lowest BCUT2D eigenvalue weighted by molar-refractivity contribution is 0.474. The van der Waals surface area contributed by atoms with Crippen molar-refractivity contribution in [2.45, 2.75) is 6.04 Å². The van der Waals surface area contributed by atoms with Crippen LogP contribution in [0, 0.1) is 0 Å². The Labute approximate surface area is 177 Å². The Morgan fingerprint density at radius 1 is 0.929 bits per heavy atom. The number of rotatable bonds is 10. The van der Waals surface area contributed by atoms with Crippen LogP contribution in [0.1, 0.15) is 11.1 Å². The van der Waals surface area contributed by atoms with Crippen molar-refractivity contribution in [1.29, 1.82) is 0 Å². The zero-order valence-corrected chi connectivity index (χ0v) is 17.4. The van der Waals surface area contributed by atoms with Crippen molar-refractivity contribution in [2.75, 3.05) is 24.6 Å². The minimum Gasteiger partial charge on any atom is -0.508 e. The first-order valence-electron chi connectivity index (χ1n) is 9.03. The van der Waals surface area contributed by atoms with Crippen LogP contribution in [0.25, 0.3) is 12.2 Å². The van der Waals surface area contributed by atoms with E-state index < -0.39 is 0 Å². The summed E-state index contributed by atoms with van der Waals surface area (Å²) in [4.78, 5) is 4.57. The molecule has 0 aliphatic rings. The molecule has 4 nitrogen and oxygen atoms in total. The van der Waals surface area contributed by atoms with Crippen molar-refractivity contribution in [1.82, 2.24) is 5.32 Å². The predicted molar refractivity (Wildman–Crippen MR) is 126 cm³/mol. The van der Waals surface area contributed by atoms with Gasteiger partial charge in [0.25, 0.3) is 0 Å². The Balaban J connectivity index is 1.81. The standard InChI is InChI=1S/C22H26N2O2S2/c25-21-9-3-17(4-10-21)1-7-19(15-27)23-13-14-24-20(16-28)8-2-18-5-11-22(26)12-6-18/h1-12,19,23,25-28H,13-16H2/b7-1+,8-2+,24-20?. The third-order valence-electron chi connectivity index (χ3n) is 3.97. The molecule has 0 bridgehead atoms. The number of phenols is 2. The molecule has 0 saturated heterocycles. The molecule has 1 atom stereocenters. The van der Waals surface area contributed by atoms with E-state index in [1.54, 1.807) is 24.3 Å². The molecule has 0 spiro atoms. The molecule has 0 aliphatic heterocycles. The molecule has 2 aromatic rings. The van der Waals surface area contributed by atoms with Crippen molar-refractivity contribution in [3.05, 3.63) is 71.8 Å². The van der Waals surface area contributed by atoms with Crippen molar-refractivity contribution >= 4 is 43.1 Å². The van der Waals surface area contributed by atoms with Crippen LogP contribution in [-0.4, -0.2) is 46.6 Å². The number of benzene rings is 2. The van der Waals surface area contributed by atoms with E-state index >= 15 is 0 Å². The monoisotopic (exact) mass is 414 g/mol. The average Bonchev–Trinajstić information content (AvgIpc) is 2.72. The number of allylic oxidation sites excluding steroid dienone is 1. The summed E-state index contributed by atoms with van der Waals surface area (Å²) in [6.45, 7) is 1.38. The largest absolute Gasteiger partial charge is 0.508 e. The van der Waals surface area contributed by atoms with Gasteiger partial charge in [0.2, 0.25) is 0 Å². The topological polar surface area (TPSA) is 64.9 Å². The summed E-state index contributed by atoms with van der Waals surface area (Å²) in [5.74, 6) is 1.76. The Kier molecular flexibility index (Phi) is 9.76. The molecule has 3 N–H and O–H groups in total. The van der Waals surface area contributed by atoms with E-state index in [9.17, 15) is 10.2 Å². The summed E-state index contributed by atoms with van der Waals surface area (Å²) in [6.07, 6.45) is 7.97. The lowest BCUT2D eigenvalue weighted by Crippen LogP contribution is -2.31. The fourth-order valence-corrected chi connectivity index (χ4v) is 2.85. The number of hydrogen-bond donors (Lipinski definition) is 5. The lowest BCUT2D eigenvalue weighted by atomic mass is 10.1. The van der Waals surface area contributed by atoms with Crippen LogP contribution < -0.4 is 5.32 Å². The lowest BCUT2D eigenvalue weighted by Gasteiger charge is -2.11. The zero-order valence-electron chi connectivity index (χ0n) is 15.6. The van der Waals surface area contributed by atoms with Gasteiger partial charge in [-0.15, -0.1) is 0 Å². The van der Waals surface area contributed by atoms with Crippen molar-refractivity contribution in [3.8, 4) is 11.5 Å². The summed E-state index contributed by atoms with van der Waals surface area (Å²) in [5, 5.41) is 22.1. The molecule has 0 fully saturated rings. The van der Waals surface area contributed by atoms with Crippen LogP contribution in [0.3, 0.4) is 0 Å². The fraction of sp³-hybridized carbons (Fsp3) is 0.227. The van der Waals surface area contributed by atoms with E-state index in [1.807, 2.05) is 42.5 Å². The van der Waals surface area contributed by atoms with Gasteiger partial charge in [-0.2, -0.15) is 25.3 Å². The molecule has 6 heteroatoms. The quantitative estimate of drug-likeness (QED) is 0.231. The molecule has 0 amide bonds. The first-order valence-corrected chi connectivity index (χ1v) is 10.3. The number of thiol groups is 2. The Morgan fingerprint density at radius 2 is 1.50 bits per heavy atom. The van der Waals surface area contributed by atoms with E-state index in [1.165, 1.54) is 0 Å². The first-order chi connectivity index (χ1) is 13.6. The Hall–Kier alpha value is -2.15. The molecule has 0 saturated carbocycles. The second-order valence-corrected chi connectivity index (χ2v) is 6.83. The summed E-state index contributed by atoms with van der Waals surface area (Å²) >= 11 is 8.73. The maximum atomic E-state index is 9.32. The number of aliphatic imine (C=N–C) groups is 1. The van der Waals surface area contributed by atoms with Gasteiger partial charge < -0.3 is 15.5 Å². The summed E-state index contributed by atoms with van der Waals surface area (Å²) < 4.78 is 0. The second-order valence-electron chi connectivity index (χ2n) is 6.15. The van der Waals surface area contributed by atoms with Crippen LogP contribution >= 0.6 is 25.3 Å². The van der Waals surface area contributed by atoms with E-state index in [0.29, 0.717) is 18.1 Å². The van der Waals surface area contributed by atoms with Crippen molar-refractivity contribution in [2.24, 2.45) is 4.99 Å². The van der Waals surface area contributed by atoms with E-state index in [2.05, 4.69) is 41.6 Å². The molecule has 1 unspecified atom stereocenters. The van der Waals surface area contributed by atoms with Gasteiger partial charge in [0.05, 0.1) is 6.54 Å². The van der Waals surface area contributed by atoms with Crippen molar-refractivity contribution in [3.63, 3.8) is 0 Å². The molecule has 0 radical (unpaired) electrons. The van der Waals surface area contributed by atoms with Crippen LogP contribution in [-0.2, 0) is 0 Å². The molecule has 0 aromatic heterocycles. The zero-order chi connectivity index (χ0) is 20.2. The number of aromatic hydroxyl groups is 2. The second kappa shape index (κ2) is 12.3. The fourth-order valence-electron chi connectivity index (χ4n) is 2.39. The van der Waals surface area contributed by atoms with Crippen LogP contribution in [0.2, 0.25) is 0 Å². The van der Waals surface area contributed by atoms with Gasteiger partial charge >= 0.3 is 0 Å². The smallest absolute Gasteiger partial charge is 0.115 e. The van der Waals surface area contributed by atoms with E-state index in [0.717, 1.165) is 23.4 Å². The highest BCUT2D eigenvalue weighted by Crippen LogP contribution is 2.12. The molecule has 28 heavy (non-hydrogen) atoms. The number of phenolic OH excluding ortho intramolecular Hbond substituents is 2. The van der Waals surface area contributed by atoms with Gasteiger partial charge in [-0.1, -0.05) is 42.5 Å². The van der Waals surface area contributed by atoms with E-state index in [-0.39, 0.29) is 17.5 Å². The van der Waals surface area contributed by atoms with Gasteiger partial charge in [-0.25, -0.2) is 0 Å². The Morgan fingerprint density at radius 3 is 2.04 bits per heavy atom. The third kappa shape index (κ3) is 8.25. The highest BCUT2D eigenvalue weighted by molar-refractivity contribution is 7.81. The minimum atomic E-state index is 0.138. The van der Waals surface area contributed by atoms with Crippen molar-refractivity contribution < 1.29 is 10.2 Å². The molecule has 0 aliphatic carbocycles. The average molecular weight is 415 g/mol. The molecule has 2 rings (SSSR count). The van der Waals surface area contributed by atoms with Crippen LogP contribution in [0.5, 0.6) is 11.5 Å². The van der Waals surface area contributed by atoms with E-state index in [4.69, 9.17) is 0 Å². The number of nitrogens with zero attached hydrogens (tertiary/aromatic N) is 1. The maximum absolute atomic E-state index is 9.32. The summed E-state index contributed by atoms with van der Waals surface area (Å²) in [7, 11) is 0. The number of hydrogen-bond acceptors (Lipinski definition) is 6. The Bertz CT molecular complexity index is 800. The van der Waals surface area contributed by atoms with Gasteiger partial charge in [0.15, 0.2) is 0 Å². The van der Waals surface area contributed by atoms with Gasteiger partial charge in [-0.3, -0.25) is 4.99 Å². The predicted octanol–water partition coefficient (Wildman–Crippen LogP) is 4.08. The SMILES string of the molecule is Oc1ccc(/C=C/C(CS)=NCCNC(/C=C/c2ccc(O)cc2)CS)cc1. The third-order valence-corrected chi connectivity index (χ3v) is 4.68. The maximum Gasteiger partial charge on any atom is 0.115 e. The highest BCUT2D eigenvalue weighted by atomic mass is 32.1. The minimum absolute atomic E-state index is 0.138. The van der Waals surface area contributed by atoms with Crippen LogP contribution in [0.15, 0.2) is 65.7 Å². The summed E-state index contributed by atoms with van der Waals surface area (Å²) in [5.41, 5.74) is 2.93. The van der Waals surface area contributed by atoms with Crippen LogP contribution in [0.4, 0.5) is 0 Å². The first kappa shape index (κ1) is 22.1. The summed E-state index contributed by atoms with van der Waals surface area (Å²) in [6, 6.07) is 14.2. The van der Waals surface area contributed by atoms with Gasteiger partial charge in [0, 0.05) is 29.8 Å². The molecule has 2 aromatic carbocycles. The van der Waals surface area contributed by atoms with Gasteiger partial charge in [-0.05, 0) is 41.5 Å². The molecular formula is C22H26N2O2S2. The normalized spacial score (nSPS) is 13.4. The molecule has 148 valence electrons. The molecular weight excluding hydrogens is 388 g/mol. The number of nitrogens with one attached hydrogen (secondary N) is 1. The molecule has 0 heterocycles. The highest BCUT2D eigenvalue weighted by Gasteiger charge is 2.01. The van der Waals surface area contributed by atoms with Gasteiger partial charge in [0.1, 0.15) is 11.5 Å².